The first-order chi connectivity index (χ1) is 14.9. The van der Waals surface area contributed by atoms with Gasteiger partial charge in [0.15, 0.2) is 0 Å². The van der Waals surface area contributed by atoms with Crippen LogP contribution in [0, 0.1) is 0 Å². The molecule has 3 N–H and O–H groups in total. The van der Waals surface area contributed by atoms with E-state index in [4.69, 9.17) is 14.6 Å². The minimum atomic E-state index is -5.08. The fourth-order valence-corrected chi connectivity index (χ4v) is 3.74. The molecular formula is C19H19F3N2O7S. The number of rotatable bonds is 5. The molecule has 0 atom stereocenters. The monoisotopic (exact) mass is 476 g/mol. The second kappa shape index (κ2) is 10.3. The third-order valence-electron chi connectivity index (χ3n) is 4.13. The number of anilines is 2. The van der Waals surface area contributed by atoms with Crippen molar-refractivity contribution in [3.05, 3.63) is 54.1 Å². The Kier molecular flexibility index (Phi) is 8.05. The molecule has 1 heterocycles. The predicted molar refractivity (Wildman–Crippen MR) is 107 cm³/mol. The van der Waals surface area contributed by atoms with Crippen molar-refractivity contribution in [1.29, 1.82) is 0 Å². The third-order valence-corrected chi connectivity index (χ3v) is 5.52. The van der Waals surface area contributed by atoms with Crippen LogP contribution in [0.15, 0.2) is 53.4 Å². The number of aliphatic carboxylic acids is 1. The highest BCUT2D eigenvalue weighted by Crippen LogP contribution is 2.26. The Labute approximate surface area is 181 Å². The van der Waals surface area contributed by atoms with Gasteiger partial charge in [-0.3, -0.25) is 4.72 Å². The third kappa shape index (κ3) is 6.85. The van der Waals surface area contributed by atoms with E-state index in [1.165, 1.54) is 18.2 Å². The zero-order valence-corrected chi connectivity index (χ0v) is 17.2. The van der Waals surface area contributed by atoms with Crippen molar-refractivity contribution < 1.29 is 46.1 Å². The van der Waals surface area contributed by atoms with Crippen molar-refractivity contribution in [3.8, 4) is 0 Å². The van der Waals surface area contributed by atoms with E-state index in [0.717, 1.165) is 0 Å². The Morgan fingerprint density at radius 2 is 1.56 bits per heavy atom. The second-order valence-electron chi connectivity index (χ2n) is 6.36. The van der Waals surface area contributed by atoms with Gasteiger partial charge in [0.1, 0.15) is 0 Å². The summed E-state index contributed by atoms with van der Waals surface area (Å²) in [6, 6.07) is 12.4. The molecule has 0 bridgehead atoms. The molecule has 9 nitrogen and oxygen atoms in total. The van der Waals surface area contributed by atoms with E-state index in [0.29, 0.717) is 32.0 Å². The fourth-order valence-electron chi connectivity index (χ4n) is 2.66. The van der Waals surface area contributed by atoms with E-state index in [-0.39, 0.29) is 16.1 Å². The average Bonchev–Trinajstić information content (AvgIpc) is 2.74. The van der Waals surface area contributed by atoms with Gasteiger partial charge in [0.25, 0.3) is 10.0 Å². The number of carboxylic acid groups (broad SMARTS) is 2. The molecule has 0 aliphatic carbocycles. The van der Waals surface area contributed by atoms with Gasteiger partial charge in [0.2, 0.25) is 0 Å². The molecule has 0 unspecified atom stereocenters. The van der Waals surface area contributed by atoms with Gasteiger partial charge in [-0.25, -0.2) is 18.0 Å². The summed E-state index contributed by atoms with van der Waals surface area (Å²) < 4.78 is 64.2. The van der Waals surface area contributed by atoms with Gasteiger partial charge in [-0.15, -0.1) is 0 Å². The minimum absolute atomic E-state index is 0.0511. The molecular weight excluding hydrogens is 457 g/mol. The van der Waals surface area contributed by atoms with Crippen LogP contribution in [-0.2, 0) is 19.6 Å². The minimum Gasteiger partial charge on any atom is -0.478 e. The highest BCUT2D eigenvalue weighted by atomic mass is 32.2. The van der Waals surface area contributed by atoms with Crippen molar-refractivity contribution in [2.24, 2.45) is 0 Å². The summed E-state index contributed by atoms with van der Waals surface area (Å²) >= 11 is 0. The fraction of sp³-hybridized carbons (Fsp3) is 0.263. The predicted octanol–water partition coefficient (Wildman–Crippen LogP) is 2.66. The molecule has 0 radical (unpaired) electrons. The Hall–Kier alpha value is -3.32. The van der Waals surface area contributed by atoms with Gasteiger partial charge >= 0.3 is 18.1 Å². The van der Waals surface area contributed by atoms with Gasteiger partial charge in [0, 0.05) is 18.8 Å². The van der Waals surface area contributed by atoms with Crippen LogP contribution in [0.25, 0.3) is 0 Å². The van der Waals surface area contributed by atoms with Crippen molar-refractivity contribution in [2.45, 2.75) is 11.1 Å². The first-order valence-electron chi connectivity index (χ1n) is 9.00. The molecule has 32 heavy (non-hydrogen) atoms. The standard InChI is InChI=1S/C17H18N2O5S.C2HF3O2/c20-17(21)15-12-13(6-7-16(15)19-8-10-24-11-9-19)18-25(22,23)14-4-2-1-3-5-14;3-2(4,5)1(6)7/h1-7,12,18H,8-11H2,(H,20,21);(H,6,7). The van der Waals surface area contributed by atoms with Crippen LogP contribution in [0.1, 0.15) is 10.4 Å². The molecule has 1 saturated heterocycles. The molecule has 2 aromatic rings. The number of morpholine rings is 1. The summed E-state index contributed by atoms with van der Waals surface area (Å²) in [4.78, 5) is 22.5. The lowest BCUT2D eigenvalue weighted by atomic mass is 10.1. The molecule has 13 heteroatoms. The maximum Gasteiger partial charge on any atom is 0.490 e. The quantitative estimate of drug-likeness (QED) is 0.600. The number of carbonyl (C=O) groups is 2. The van der Waals surface area contributed by atoms with Crippen LogP contribution in [-0.4, -0.2) is 63.0 Å². The molecule has 0 amide bonds. The zero-order valence-electron chi connectivity index (χ0n) is 16.4. The summed E-state index contributed by atoms with van der Waals surface area (Å²) in [5, 5.41) is 16.6. The van der Waals surface area contributed by atoms with Crippen molar-refractivity contribution in [1.82, 2.24) is 0 Å². The van der Waals surface area contributed by atoms with Crippen molar-refractivity contribution >= 4 is 33.3 Å². The summed E-state index contributed by atoms with van der Waals surface area (Å²) in [5.41, 5.74) is 0.812. The molecule has 0 aromatic heterocycles. The first-order valence-corrected chi connectivity index (χ1v) is 10.5. The summed E-state index contributed by atoms with van der Waals surface area (Å²) in [5.74, 6) is -3.87. The molecule has 174 valence electrons. The van der Waals surface area contributed by atoms with E-state index >= 15 is 0 Å². The summed E-state index contributed by atoms with van der Waals surface area (Å²) in [7, 11) is -3.77. The Bertz CT molecular complexity index is 1050. The summed E-state index contributed by atoms with van der Waals surface area (Å²) in [6.07, 6.45) is -5.08. The zero-order chi connectivity index (χ0) is 23.9. The number of sulfonamides is 1. The molecule has 1 aliphatic heterocycles. The van der Waals surface area contributed by atoms with Gasteiger partial charge in [-0.05, 0) is 30.3 Å². The topological polar surface area (TPSA) is 133 Å². The number of hydrogen-bond acceptors (Lipinski definition) is 6. The maximum atomic E-state index is 12.4. The summed E-state index contributed by atoms with van der Waals surface area (Å²) in [6.45, 7) is 2.24. The highest BCUT2D eigenvalue weighted by Gasteiger charge is 2.38. The first kappa shape index (κ1) is 24.9. The number of carboxylic acids is 2. The van der Waals surface area contributed by atoms with Crippen molar-refractivity contribution in [2.75, 3.05) is 35.9 Å². The van der Waals surface area contributed by atoms with Crippen LogP contribution in [0.3, 0.4) is 0 Å². The normalized spacial score (nSPS) is 14.2. The number of halogens is 3. The average molecular weight is 476 g/mol. The van der Waals surface area contributed by atoms with Crippen molar-refractivity contribution in [3.63, 3.8) is 0 Å². The van der Waals surface area contributed by atoms with E-state index < -0.39 is 28.1 Å². The lowest BCUT2D eigenvalue weighted by Gasteiger charge is -2.30. The van der Waals surface area contributed by atoms with Gasteiger partial charge in [-0.2, -0.15) is 13.2 Å². The number of ether oxygens (including phenoxy) is 1. The van der Waals surface area contributed by atoms with Crippen LogP contribution in [0.2, 0.25) is 0 Å². The van der Waals surface area contributed by atoms with E-state index in [2.05, 4.69) is 4.72 Å². The number of hydrogen-bond donors (Lipinski definition) is 3. The smallest absolute Gasteiger partial charge is 0.478 e. The highest BCUT2D eigenvalue weighted by molar-refractivity contribution is 7.92. The number of nitrogens with one attached hydrogen (secondary N) is 1. The van der Waals surface area contributed by atoms with E-state index in [1.807, 2.05) is 4.90 Å². The Morgan fingerprint density at radius 3 is 2.06 bits per heavy atom. The molecule has 0 saturated carbocycles. The van der Waals surface area contributed by atoms with Gasteiger partial charge in [0.05, 0.1) is 29.4 Å². The lowest BCUT2D eigenvalue weighted by Crippen LogP contribution is -2.37. The number of alkyl halides is 3. The number of aromatic carboxylic acids is 1. The Morgan fingerprint density at radius 1 is 1.00 bits per heavy atom. The molecule has 2 aromatic carbocycles. The molecule has 3 rings (SSSR count). The molecule has 0 spiro atoms. The van der Waals surface area contributed by atoms with Crippen LogP contribution in [0.5, 0.6) is 0 Å². The number of benzene rings is 2. The van der Waals surface area contributed by atoms with E-state index in [9.17, 15) is 31.5 Å². The van der Waals surface area contributed by atoms with Crippen LogP contribution >= 0.6 is 0 Å². The largest absolute Gasteiger partial charge is 0.490 e. The van der Waals surface area contributed by atoms with Crippen LogP contribution in [0.4, 0.5) is 24.5 Å². The van der Waals surface area contributed by atoms with Gasteiger partial charge in [-0.1, -0.05) is 18.2 Å². The second-order valence-corrected chi connectivity index (χ2v) is 8.04. The van der Waals surface area contributed by atoms with Crippen LogP contribution < -0.4 is 9.62 Å². The molecule has 1 aliphatic rings. The maximum absolute atomic E-state index is 12.4. The number of nitrogens with zero attached hydrogens (tertiary/aromatic N) is 1. The van der Waals surface area contributed by atoms with Gasteiger partial charge < -0.3 is 19.8 Å². The SMILES string of the molecule is O=C(O)C(F)(F)F.O=C(O)c1cc(NS(=O)(=O)c2ccccc2)ccc1N1CCOCC1. The lowest BCUT2D eigenvalue weighted by molar-refractivity contribution is -0.192. The Balaban J connectivity index is 0.000000451. The van der Waals surface area contributed by atoms with E-state index in [1.54, 1.807) is 30.3 Å². The molecule has 1 fully saturated rings.